The average molecular weight is 432 g/mol. The summed E-state index contributed by atoms with van der Waals surface area (Å²) in [6.07, 6.45) is 4.55. The van der Waals surface area contributed by atoms with Crippen molar-refractivity contribution in [3.63, 3.8) is 0 Å². The van der Waals surface area contributed by atoms with Crippen molar-refractivity contribution in [3.8, 4) is 28.4 Å². The monoisotopic (exact) mass is 431 g/mol. The van der Waals surface area contributed by atoms with Crippen molar-refractivity contribution in [2.45, 2.75) is 66.0 Å². The molecule has 32 heavy (non-hydrogen) atoms. The molecule has 5 nitrogen and oxygen atoms in total. The van der Waals surface area contributed by atoms with Crippen molar-refractivity contribution in [2.75, 3.05) is 13.2 Å². The Labute approximate surface area is 190 Å². The molecule has 2 aromatic heterocycles. The Balaban J connectivity index is 1.62. The third-order valence-corrected chi connectivity index (χ3v) is 6.49. The van der Waals surface area contributed by atoms with Gasteiger partial charge in [0.2, 0.25) is 0 Å². The highest BCUT2D eigenvalue weighted by molar-refractivity contribution is 5.70. The zero-order chi connectivity index (χ0) is 22.2. The number of nitrogens with zero attached hydrogens (tertiary/aromatic N) is 3. The van der Waals surface area contributed by atoms with Gasteiger partial charge in [0.15, 0.2) is 0 Å². The predicted octanol–water partition coefficient (Wildman–Crippen LogP) is 5.54. The van der Waals surface area contributed by atoms with E-state index in [0.717, 1.165) is 71.7 Å². The minimum atomic E-state index is 0.151. The first-order valence-corrected chi connectivity index (χ1v) is 11.9. The molecule has 0 radical (unpaired) electrons. The summed E-state index contributed by atoms with van der Waals surface area (Å²) in [5.74, 6) is 2.73. The van der Waals surface area contributed by atoms with Gasteiger partial charge in [-0.3, -0.25) is 4.98 Å². The van der Waals surface area contributed by atoms with Crippen molar-refractivity contribution in [2.24, 2.45) is 5.92 Å². The van der Waals surface area contributed by atoms with Gasteiger partial charge in [0.1, 0.15) is 11.6 Å². The topological polar surface area (TPSA) is 49.2 Å². The van der Waals surface area contributed by atoms with E-state index in [1.54, 1.807) is 0 Å². The maximum Gasteiger partial charge on any atom is 0.141 e. The number of fused-ring (bicyclic) bond motifs is 1. The predicted molar refractivity (Wildman–Crippen MR) is 127 cm³/mol. The largest absolute Gasteiger partial charge is 0.493 e. The fourth-order valence-electron chi connectivity index (χ4n) is 4.64. The number of pyridine rings is 1. The van der Waals surface area contributed by atoms with E-state index in [1.807, 2.05) is 13.8 Å². The SMILES string of the molecule is CCc1ccc(-c2nc(-c3cc(C)nc(C)c3)c3n2C[C@@H](C)OCC3)cc1OCC1CC1. The molecule has 2 aliphatic rings. The first-order valence-electron chi connectivity index (χ1n) is 11.9. The zero-order valence-corrected chi connectivity index (χ0v) is 19.6. The van der Waals surface area contributed by atoms with Crippen LogP contribution >= 0.6 is 0 Å². The minimum Gasteiger partial charge on any atom is -0.493 e. The Morgan fingerprint density at radius 2 is 1.84 bits per heavy atom. The minimum absolute atomic E-state index is 0.151. The van der Waals surface area contributed by atoms with Gasteiger partial charge in [-0.1, -0.05) is 19.1 Å². The molecule has 5 rings (SSSR count). The summed E-state index contributed by atoms with van der Waals surface area (Å²) in [6.45, 7) is 10.8. The molecule has 1 aliphatic heterocycles. The molecule has 3 heterocycles. The molecule has 0 N–H and O–H groups in total. The van der Waals surface area contributed by atoms with Crippen LogP contribution in [0.25, 0.3) is 22.6 Å². The number of aryl methyl sites for hydroxylation is 3. The summed E-state index contributed by atoms with van der Waals surface area (Å²) in [4.78, 5) is 9.78. The van der Waals surface area contributed by atoms with Gasteiger partial charge in [0.25, 0.3) is 0 Å². The third-order valence-electron chi connectivity index (χ3n) is 6.49. The van der Waals surface area contributed by atoms with E-state index in [0.29, 0.717) is 6.61 Å². The van der Waals surface area contributed by atoms with E-state index in [-0.39, 0.29) is 6.10 Å². The Bertz CT molecular complexity index is 1110. The molecule has 0 spiro atoms. The maximum atomic E-state index is 6.26. The van der Waals surface area contributed by atoms with Gasteiger partial charge in [0.05, 0.1) is 31.6 Å². The van der Waals surface area contributed by atoms with Gasteiger partial charge in [-0.15, -0.1) is 0 Å². The number of imidazole rings is 1. The van der Waals surface area contributed by atoms with Crippen LogP contribution in [0.1, 0.15) is 49.3 Å². The van der Waals surface area contributed by atoms with Crippen molar-refractivity contribution in [3.05, 3.63) is 53.0 Å². The summed E-state index contributed by atoms with van der Waals surface area (Å²) in [7, 11) is 0. The van der Waals surface area contributed by atoms with E-state index in [1.165, 1.54) is 24.1 Å². The molecular formula is C27H33N3O2. The van der Waals surface area contributed by atoms with Crippen LogP contribution in [0, 0.1) is 19.8 Å². The fourth-order valence-corrected chi connectivity index (χ4v) is 4.64. The molecule has 168 valence electrons. The number of hydrogen-bond donors (Lipinski definition) is 0. The lowest BCUT2D eigenvalue weighted by atomic mass is 10.1. The lowest BCUT2D eigenvalue weighted by Crippen LogP contribution is -2.15. The Kier molecular flexibility index (Phi) is 5.76. The van der Waals surface area contributed by atoms with Gasteiger partial charge in [-0.05, 0) is 69.7 Å². The van der Waals surface area contributed by atoms with Gasteiger partial charge in [0, 0.05) is 34.6 Å². The molecule has 1 aliphatic carbocycles. The Hall–Kier alpha value is -2.66. The van der Waals surface area contributed by atoms with Crippen molar-refractivity contribution in [1.82, 2.24) is 14.5 Å². The summed E-state index contributed by atoms with van der Waals surface area (Å²) in [5, 5.41) is 0. The summed E-state index contributed by atoms with van der Waals surface area (Å²) < 4.78 is 14.6. The van der Waals surface area contributed by atoms with Crippen LogP contribution in [0.2, 0.25) is 0 Å². The highest BCUT2D eigenvalue weighted by atomic mass is 16.5. The second-order valence-corrected chi connectivity index (χ2v) is 9.34. The number of rotatable bonds is 6. The van der Waals surface area contributed by atoms with Crippen LogP contribution < -0.4 is 4.74 Å². The molecular weight excluding hydrogens is 398 g/mol. The molecule has 1 saturated carbocycles. The van der Waals surface area contributed by atoms with Crippen molar-refractivity contribution in [1.29, 1.82) is 0 Å². The van der Waals surface area contributed by atoms with E-state index >= 15 is 0 Å². The van der Waals surface area contributed by atoms with Crippen LogP contribution in [0.5, 0.6) is 5.75 Å². The molecule has 0 amide bonds. The van der Waals surface area contributed by atoms with Crippen molar-refractivity contribution >= 4 is 0 Å². The molecule has 1 fully saturated rings. The first-order chi connectivity index (χ1) is 15.5. The second-order valence-electron chi connectivity index (χ2n) is 9.34. The Morgan fingerprint density at radius 3 is 2.56 bits per heavy atom. The third kappa shape index (κ3) is 4.31. The molecule has 0 unspecified atom stereocenters. The lowest BCUT2D eigenvalue weighted by molar-refractivity contribution is 0.0666. The standard InChI is InChI=1S/C27H33N3O2/c1-5-21-8-9-22(14-25(21)32-16-20-6-7-20)27-29-26(23-12-17(2)28-18(3)13-23)24-10-11-31-19(4)15-30(24)27/h8-9,12-14,19-20H,5-7,10-11,15-16H2,1-4H3/t19-/m1/s1. The number of hydrogen-bond acceptors (Lipinski definition) is 4. The molecule has 3 aromatic rings. The van der Waals surface area contributed by atoms with E-state index in [4.69, 9.17) is 14.5 Å². The van der Waals surface area contributed by atoms with Crippen LogP contribution in [-0.4, -0.2) is 33.9 Å². The molecule has 0 bridgehead atoms. The van der Waals surface area contributed by atoms with Crippen LogP contribution in [-0.2, 0) is 24.1 Å². The molecule has 1 aromatic carbocycles. The number of aromatic nitrogens is 3. The summed E-state index contributed by atoms with van der Waals surface area (Å²) in [6, 6.07) is 10.9. The zero-order valence-electron chi connectivity index (χ0n) is 19.6. The van der Waals surface area contributed by atoms with Gasteiger partial charge in [-0.25, -0.2) is 4.98 Å². The smallest absolute Gasteiger partial charge is 0.141 e. The molecule has 5 heteroatoms. The number of benzene rings is 1. The average Bonchev–Trinajstić information content (AvgIpc) is 3.56. The van der Waals surface area contributed by atoms with Crippen LogP contribution in [0.4, 0.5) is 0 Å². The van der Waals surface area contributed by atoms with E-state index < -0.39 is 0 Å². The maximum absolute atomic E-state index is 6.26. The van der Waals surface area contributed by atoms with E-state index in [9.17, 15) is 0 Å². The highest BCUT2D eigenvalue weighted by Gasteiger charge is 2.25. The van der Waals surface area contributed by atoms with Gasteiger partial charge >= 0.3 is 0 Å². The van der Waals surface area contributed by atoms with Crippen molar-refractivity contribution < 1.29 is 9.47 Å². The second kappa shape index (κ2) is 8.70. The lowest BCUT2D eigenvalue weighted by Gasteiger charge is -2.15. The van der Waals surface area contributed by atoms with Gasteiger partial charge < -0.3 is 14.0 Å². The first kappa shape index (κ1) is 21.2. The molecule has 1 atom stereocenters. The number of ether oxygens (including phenoxy) is 2. The van der Waals surface area contributed by atoms with Crippen LogP contribution in [0.15, 0.2) is 30.3 Å². The van der Waals surface area contributed by atoms with Crippen LogP contribution in [0.3, 0.4) is 0 Å². The summed E-state index contributed by atoms with van der Waals surface area (Å²) >= 11 is 0. The van der Waals surface area contributed by atoms with E-state index in [2.05, 4.69) is 53.7 Å². The normalized spacial score (nSPS) is 18.3. The fraction of sp³-hybridized carbons (Fsp3) is 0.481. The molecule has 0 saturated heterocycles. The Morgan fingerprint density at radius 1 is 1.06 bits per heavy atom. The quantitative estimate of drug-likeness (QED) is 0.514. The highest BCUT2D eigenvalue weighted by Crippen LogP contribution is 2.35. The van der Waals surface area contributed by atoms with Gasteiger partial charge in [-0.2, -0.15) is 0 Å². The summed E-state index contributed by atoms with van der Waals surface area (Å²) in [5.41, 5.74) is 7.83.